The van der Waals surface area contributed by atoms with E-state index in [0.29, 0.717) is 4.47 Å². The second-order valence-electron chi connectivity index (χ2n) is 1.42. The summed E-state index contributed by atoms with van der Waals surface area (Å²) in [7, 11) is 0. The van der Waals surface area contributed by atoms with Crippen LogP contribution in [0.3, 0.4) is 0 Å². The molecule has 0 aliphatic heterocycles. The molecule has 1 rings (SSSR count). The molecule has 0 unspecified atom stereocenters. The van der Waals surface area contributed by atoms with Gasteiger partial charge in [-0.1, -0.05) is 0 Å². The monoisotopic (exact) mass is 301 g/mol. The highest BCUT2D eigenvalue weighted by atomic mass is 127. The molecule has 0 atom stereocenters. The molecule has 0 aromatic carbocycles. The lowest BCUT2D eigenvalue weighted by atomic mass is 10.5. The molecule has 0 aliphatic rings. The summed E-state index contributed by atoms with van der Waals surface area (Å²) < 4.78 is 13.7. The lowest BCUT2D eigenvalue weighted by Gasteiger charge is -1.93. The van der Waals surface area contributed by atoms with Gasteiger partial charge in [-0.25, -0.2) is 4.39 Å². The van der Waals surface area contributed by atoms with E-state index in [-0.39, 0.29) is 5.82 Å². The summed E-state index contributed by atoms with van der Waals surface area (Å²) in [5.74, 6) is -0.318. The van der Waals surface area contributed by atoms with E-state index in [1.54, 1.807) is 6.20 Å². The van der Waals surface area contributed by atoms with Crippen molar-refractivity contribution in [3.8, 4) is 0 Å². The van der Waals surface area contributed by atoms with Gasteiger partial charge >= 0.3 is 0 Å². The first-order valence-corrected chi connectivity index (χ1v) is 4.03. The molecule has 1 nitrogen and oxygen atoms in total. The first-order chi connectivity index (χ1) is 4.22. The predicted molar refractivity (Wildman–Crippen MR) is 44.6 cm³/mol. The Bertz CT molecular complexity index is 208. The van der Waals surface area contributed by atoms with Crippen molar-refractivity contribution < 1.29 is 4.39 Å². The van der Waals surface area contributed by atoms with E-state index >= 15 is 0 Å². The van der Waals surface area contributed by atoms with Crippen LogP contribution in [0.1, 0.15) is 0 Å². The molecule has 4 heteroatoms. The van der Waals surface area contributed by atoms with Crippen LogP contribution in [0.2, 0.25) is 0 Å². The normalized spacial score (nSPS) is 9.67. The minimum absolute atomic E-state index is 0.318. The molecule has 1 aromatic rings. The summed E-state index contributed by atoms with van der Waals surface area (Å²) in [5.41, 5.74) is 0. The topological polar surface area (TPSA) is 12.9 Å². The number of hydrogen-bond acceptors (Lipinski definition) is 1. The molecule has 1 aromatic heterocycles. The third-order valence-corrected chi connectivity index (χ3v) is 3.16. The largest absolute Gasteiger partial charge is 0.260 e. The number of rotatable bonds is 0. The highest BCUT2D eigenvalue weighted by molar-refractivity contribution is 14.1. The second-order valence-corrected chi connectivity index (χ2v) is 3.37. The van der Waals surface area contributed by atoms with Gasteiger partial charge in [0, 0.05) is 9.77 Å². The van der Waals surface area contributed by atoms with Gasteiger partial charge in [-0.3, -0.25) is 4.98 Å². The van der Waals surface area contributed by atoms with Gasteiger partial charge in [0.25, 0.3) is 0 Å². The van der Waals surface area contributed by atoms with Crippen molar-refractivity contribution in [3.63, 3.8) is 0 Å². The van der Waals surface area contributed by atoms with Gasteiger partial charge in [-0.05, 0) is 38.5 Å². The van der Waals surface area contributed by atoms with Crippen molar-refractivity contribution in [1.82, 2.24) is 4.98 Å². The zero-order valence-electron chi connectivity index (χ0n) is 4.24. The maximum atomic E-state index is 12.5. The summed E-state index contributed by atoms with van der Waals surface area (Å²) in [6.45, 7) is 0. The standard InChI is InChI=1S/C5H2BrFIN/c6-5-3(7)1-9-2-4(5)8/h1-2H. The van der Waals surface area contributed by atoms with Crippen molar-refractivity contribution in [3.05, 3.63) is 26.3 Å². The summed E-state index contributed by atoms with van der Waals surface area (Å²) in [5, 5.41) is 0. The van der Waals surface area contributed by atoms with Crippen LogP contribution in [0.15, 0.2) is 16.9 Å². The van der Waals surface area contributed by atoms with Crippen LogP contribution in [-0.2, 0) is 0 Å². The van der Waals surface area contributed by atoms with E-state index in [1.165, 1.54) is 6.20 Å². The van der Waals surface area contributed by atoms with Crippen molar-refractivity contribution in [2.45, 2.75) is 0 Å². The Morgan fingerprint density at radius 1 is 1.56 bits per heavy atom. The zero-order chi connectivity index (χ0) is 6.85. The fourth-order valence-electron chi connectivity index (χ4n) is 0.396. The predicted octanol–water partition coefficient (Wildman–Crippen LogP) is 2.59. The molecule has 9 heavy (non-hydrogen) atoms. The van der Waals surface area contributed by atoms with E-state index < -0.39 is 0 Å². The van der Waals surface area contributed by atoms with Gasteiger partial charge in [0.1, 0.15) is 0 Å². The Hall–Kier alpha value is 0.290. The summed E-state index contributed by atoms with van der Waals surface area (Å²) >= 11 is 5.06. The van der Waals surface area contributed by atoms with Gasteiger partial charge in [-0.15, -0.1) is 0 Å². The Morgan fingerprint density at radius 2 is 2.22 bits per heavy atom. The van der Waals surface area contributed by atoms with E-state index in [0.717, 1.165) is 3.57 Å². The molecule has 0 amide bonds. The Kier molecular flexibility index (Phi) is 2.40. The van der Waals surface area contributed by atoms with E-state index in [1.807, 2.05) is 22.6 Å². The molecule has 0 N–H and O–H groups in total. The van der Waals surface area contributed by atoms with Gasteiger partial charge in [0.05, 0.1) is 10.7 Å². The maximum Gasteiger partial charge on any atom is 0.156 e. The van der Waals surface area contributed by atoms with Gasteiger partial charge in [0.15, 0.2) is 5.82 Å². The van der Waals surface area contributed by atoms with E-state index in [4.69, 9.17) is 0 Å². The molecule has 0 saturated heterocycles. The fraction of sp³-hybridized carbons (Fsp3) is 0. The van der Waals surface area contributed by atoms with Crippen LogP contribution >= 0.6 is 38.5 Å². The first kappa shape index (κ1) is 7.40. The summed E-state index contributed by atoms with van der Waals surface area (Å²) in [6.07, 6.45) is 2.76. The zero-order valence-corrected chi connectivity index (χ0v) is 7.98. The highest BCUT2D eigenvalue weighted by Crippen LogP contribution is 2.19. The van der Waals surface area contributed by atoms with Gasteiger partial charge in [-0.2, -0.15) is 0 Å². The average molecular weight is 302 g/mol. The number of halogens is 3. The van der Waals surface area contributed by atoms with Crippen molar-refractivity contribution in [1.29, 1.82) is 0 Å². The van der Waals surface area contributed by atoms with Crippen LogP contribution in [0, 0.1) is 9.39 Å². The lowest BCUT2D eigenvalue weighted by Crippen LogP contribution is -1.82. The smallest absolute Gasteiger partial charge is 0.156 e. The third-order valence-electron chi connectivity index (χ3n) is 0.795. The number of hydrogen-bond donors (Lipinski definition) is 0. The highest BCUT2D eigenvalue weighted by Gasteiger charge is 2.00. The SMILES string of the molecule is Fc1cncc(I)c1Br. The van der Waals surface area contributed by atoms with Crippen molar-refractivity contribution >= 4 is 38.5 Å². The lowest BCUT2D eigenvalue weighted by molar-refractivity contribution is 0.613. The molecular formula is C5H2BrFIN. The Balaban J connectivity index is 3.25. The molecule has 0 fully saturated rings. The van der Waals surface area contributed by atoms with Gasteiger partial charge < -0.3 is 0 Å². The summed E-state index contributed by atoms with van der Waals surface area (Å²) in [4.78, 5) is 3.63. The third kappa shape index (κ3) is 1.61. The summed E-state index contributed by atoms with van der Waals surface area (Å²) in [6, 6.07) is 0. The van der Waals surface area contributed by atoms with Crippen molar-refractivity contribution in [2.24, 2.45) is 0 Å². The average Bonchev–Trinajstić information content (AvgIpc) is 1.83. The molecule has 0 saturated carbocycles. The van der Waals surface area contributed by atoms with Crippen LogP contribution in [0.5, 0.6) is 0 Å². The minimum atomic E-state index is -0.318. The first-order valence-electron chi connectivity index (χ1n) is 2.16. The molecule has 0 bridgehead atoms. The van der Waals surface area contributed by atoms with E-state index in [2.05, 4.69) is 20.9 Å². The van der Waals surface area contributed by atoms with Crippen LogP contribution in [-0.4, -0.2) is 4.98 Å². The minimum Gasteiger partial charge on any atom is -0.260 e. The number of aromatic nitrogens is 1. The second kappa shape index (κ2) is 2.92. The van der Waals surface area contributed by atoms with Crippen LogP contribution in [0.25, 0.3) is 0 Å². The number of pyridine rings is 1. The van der Waals surface area contributed by atoms with Crippen molar-refractivity contribution in [2.75, 3.05) is 0 Å². The quantitative estimate of drug-likeness (QED) is 0.671. The molecular weight excluding hydrogens is 300 g/mol. The molecule has 0 aliphatic carbocycles. The van der Waals surface area contributed by atoms with Gasteiger partial charge in [0.2, 0.25) is 0 Å². The fourth-order valence-corrected chi connectivity index (χ4v) is 1.02. The molecule has 0 spiro atoms. The molecule has 1 heterocycles. The van der Waals surface area contributed by atoms with Crippen LogP contribution < -0.4 is 0 Å². The van der Waals surface area contributed by atoms with E-state index in [9.17, 15) is 4.39 Å². The molecule has 0 radical (unpaired) electrons. The van der Waals surface area contributed by atoms with Crippen LogP contribution in [0.4, 0.5) is 4.39 Å². The Labute approximate surface area is 73.9 Å². The number of nitrogens with zero attached hydrogens (tertiary/aromatic N) is 1. The Morgan fingerprint density at radius 3 is 2.67 bits per heavy atom. The molecule has 48 valence electrons. The maximum absolute atomic E-state index is 12.5.